The van der Waals surface area contributed by atoms with E-state index in [0.29, 0.717) is 16.7 Å². The summed E-state index contributed by atoms with van der Waals surface area (Å²) in [5, 5.41) is 11.0. The molecule has 10 unspecified atom stereocenters. The number of halogens is 17. The molecule has 2 aliphatic rings. The first kappa shape index (κ1) is 79.0. The van der Waals surface area contributed by atoms with Crippen LogP contribution in [0.1, 0.15) is 95.9 Å². The Hall–Kier alpha value is -5.99. The average molecular weight is 1400 g/mol. The minimum atomic E-state index is -8.72. The van der Waals surface area contributed by atoms with Gasteiger partial charge in [-0.05, 0) is 89.5 Å². The molecular weight excluding hydrogens is 1320 g/mol. The van der Waals surface area contributed by atoms with Crippen LogP contribution in [0.4, 0.5) is 74.6 Å². The van der Waals surface area contributed by atoms with Crippen LogP contribution in [0, 0.1) is 10.8 Å². The minimum Gasteiger partial charge on any atom is -0.454 e. The molecular formula is C66H75F17O13. The second-order valence-electron chi connectivity index (χ2n) is 24.9. The molecule has 0 radical (unpaired) electrons. The molecule has 0 aromatic heterocycles. The number of hydrogen-bond acceptors (Lipinski definition) is 13. The van der Waals surface area contributed by atoms with Gasteiger partial charge in [-0.1, -0.05) is 133 Å². The number of allylic oxidation sites excluding steroid dienone is 2. The molecule has 30 heteroatoms. The number of hydrogen-bond donors (Lipinski definition) is 1. The third-order valence-electron chi connectivity index (χ3n) is 15.3. The zero-order chi connectivity index (χ0) is 71.4. The van der Waals surface area contributed by atoms with Gasteiger partial charge in [-0.25, -0.2) is 0 Å². The predicted molar refractivity (Wildman–Crippen MR) is 308 cm³/mol. The molecule has 0 spiro atoms. The maximum Gasteiger partial charge on any atom is 0.460 e. The van der Waals surface area contributed by atoms with Crippen molar-refractivity contribution in [3.05, 3.63) is 156 Å². The Labute approximate surface area is 542 Å². The summed E-state index contributed by atoms with van der Waals surface area (Å²) in [6, 6.07) is 35.6. The molecule has 536 valence electrons. The average Bonchev–Trinajstić information content (AvgIpc) is 0.697. The standard InChI is InChI=1S/C66H75F17O13/c1-57(2,3)55(85)95-51-50(91-39-44-31-21-14-22-32-44)48(89-37-42-27-17-12-18-28-42)46(40-92-54-52(96-56(86)58(4,5)6)49(90-38-43-29-19-13-20-30-43)47(45(35-84)93-54)88-36-41-25-15-11-16-26-41)94-53(51)87-34-24-10-8-7-9-23-33-59(67,68)60(69,70)61(71,72)62(73,74)63(75,76)64(77,78)65(79,80)66(81,82)83/h7-8,11-22,25-32,45-54,84H,9-10,23-24,33-40H2,1-6H3/b8-7-. The molecule has 2 fully saturated rings. The number of carbonyl (C=O) groups excluding carboxylic acids is 2. The summed E-state index contributed by atoms with van der Waals surface area (Å²) in [5.41, 5.74) is 0.469. The molecule has 2 heterocycles. The smallest absolute Gasteiger partial charge is 0.454 e. The van der Waals surface area contributed by atoms with Crippen molar-refractivity contribution in [2.24, 2.45) is 10.8 Å². The van der Waals surface area contributed by atoms with Crippen LogP contribution in [0.3, 0.4) is 0 Å². The summed E-state index contributed by atoms with van der Waals surface area (Å²) in [4.78, 5) is 28.0. The third kappa shape index (κ3) is 18.7. The van der Waals surface area contributed by atoms with Gasteiger partial charge in [-0.3, -0.25) is 9.59 Å². The van der Waals surface area contributed by atoms with Crippen molar-refractivity contribution >= 4 is 11.9 Å². The zero-order valence-electron chi connectivity index (χ0n) is 52.7. The molecule has 2 saturated heterocycles. The summed E-state index contributed by atoms with van der Waals surface area (Å²) in [6.45, 7) is 7.71. The highest BCUT2D eigenvalue weighted by atomic mass is 19.4. The van der Waals surface area contributed by atoms with Crippen LogP contribution >= 0.6 is 0 Å². The Morgan fingerprint density at radius 2 is 0.729 bits per heavy atom. The van der Waals surface area contributed by atoms with Gasteiger partial charge >= 0.3 is 59.6 Å². The lowest BCUT2D eigenvalue weighted by Gasteiger charge is -2.47. The first-order valence-corrected chi connectivity index (χ1v) is 30.2. The van der Waals surface area contributed by atoms with Gasteiger partial charge in [-0.15, -0.1) is 0 Å². The predicted octanol–water partition coefficient (Wildman–Crippen LogP) is 15.2. The highest BCUT2D eigenvalue weighted by molar-refractivity contribution is 5.76. The van der Waals surface area contributed by atoms with E-state index in [1.165, 1.54) is 6.08 Å². The second-order valence-corrected chi connectivity index (χ2v) is 24.9. The topological polar surface area (TPSA) is 147 Å². The van der Waals surface area contributed by atoms with E-state index < -0.39 is 164 Å². The highest BCUT2D eigenvalue weighted by Crippen LogP contribution is 2.64. The maximum atomic E-state index is 14.7. The lowest BCUT2D eigenvalue weighted by molar-refractivity contribution is -0.461. The summed E-state index contributed by atoms with van der Waals surface area (Å²) >= 11 is 0. The number of aliphatic hydroxyl groups excluding tert-OH is 1. The van der Waals surface area contributed by atoms with Gasteiger partial charge < -0.3 is 52.5 Å². The SMILES string of the molecule is CC(C)(C)C(=O)OC1C(OCC2OC(OCCC/C=C\CCCC(F)(F)C(F)(F)C(F)(F)C(F)(F)C(F)(F)C(F)(F)C(F)(F)C(F)(F)F)C(OC(=O)C(C)(C)C)C(OCc3ccccc3)C2OCc2ccccc2)OC(CO)C(OCc2ccccc2)C1OCc1ccccc1. The molecule has 0 saturated carbocycles. The van der Waals surface area contributed by atoms with E-state index in [4.69, 9.17) is 47.4 Å². The molecule has 2 aliphatic heterocycles. The van der Waals surface area contributed by atoms with Crippen molar-refractivity contribution in [1.29, 1.82) is 0 Å². The van der Waals surface area contributed by atoms with Crippen LogP contribution in [0.2, 0.25) is 0 Å². The Morgan fingerprint density at radius 1 is 0.406 bits per heavy atom. The fourth-order valence-electron chi connectivity index (χ4n) is 9.63. The van der Waals surface area contributed by atoms with E-state index in [1.54, 1.807) is 145 Å². The number of aliphatic hydroxyl groups is 1. The van der Waals surface area contributed by atoms with E-state index in [-0.39, 0.29) is 45.9 Å². The monoisotopic (exact) mass is 1400 g/mol. The van der Waals surface area contributed by atoms with Crippen molar-refractivity contribution in [2.75, 3.05) is 19.8 Å². The van der Waals surface area contributed by atoms with E-state index in [1.807, 2.05) is 18.2 Å². The van der Waals surface area contributed by atoms with Crippen molar-refractivity contribution in [3.8, 4) is 0 Å². The molecule has 0 amide bonds. The number of unbranched alkanes of at least 4 members (excludes halogenated alkanes) is 2. The van der Waals surface area contributed by atoms with Gasteiger partial charge in [0.15, 0.2) is 24.8 Å². The lowest BCUT2D eigenvalue weighted by atomic mass is 9.88. The van der Waals surface area contributed by atoms with Crippen molar-refractivity contribution in [3.63, 3.8) is 0 Å². The quantitative estimate of drug-likeness (QED) is 0.0209. The molecule has 0 bridgehead atoms. The molecule has 10 atom stereocenters. The van der Waals surface area contributed by atoms with Crippen molar-refractivity contribution < 1.29 is 137 Å². The Kier molecular flexibility index (Phi) is 26.6. The van der Waals surface area contributed by atoms with Gasteiger partial charge in [0.25, 0.3) is 0 Å². The molecule has 96 heavy (non-hydrogen) atoms. The van der Waals surface area contributed by atoms with E-state index in [0.717, 1.165) is 11.6 Å². The fourth-order valence-corrected chi connectivity index (χ4v) is 9.63. The Balaban J connectivity index is 1.27. The second kappa shape index (κ2) is 32.3. The van der Waals surface area contributed by atoms with Crippen LogP contribution in [0.15, 0.2) is 133 Å². The molecule has 1 N–H and O–H groups in total. The number of ether oxygens (including phenoxy) is 10. The number of rotatable bonds is 33. The van der Waals surface area contributed by atoms with Crippen LogP contribution in [0.25, 0.3) is 0 Å². The lowest BCUT2D eigenvalue weighted by Crippen LogP contribution is -2.74. The zero-order valence-corrected chi connectivity index (χ0v) is 52.7. The summed E-state index contributed by atoms with van der Waals surface area (Å²) in [7, 11) is 0. The Morgan fingerprint density at radius 3 is 1.09 bits per heavy atom. The van der Waals surface area contributed by atoms with Crippen LogP contribution < -0.4 is 0 Å². The molecule has 4 aromatic carbocycles. The van der Waals surface area contributed by atoms with Crippen LogP contribution in [-0.4, -0.2) is 146 Å². The molecule has 13 nitrogen and oxygen atoms in total. The summed E-state index contributed by atoms with van der Waals surface area (Å²) < 4.78 is 300. The van der Waals surface area contributed by atoms with Gasteiger partial charge in [-0.2, -0.15) is 74.6 Å². The molecule has 4 aromatic rings. The minimum absolute atomic E-state index is 0.000186. The first-order valence-electron chi connectivity index (χ1n) is 30.2. The van der Waals surface area contributed by atoms with Gasteiger partial charge in [0.05, 0.1) is 57.1 Å². The van der Waals surface area contributed by atoms with Crippen molar-refractivity contribution in [2.45, 2.75) is 209 Å². The van der Waals surface area contributed by atoms with Gasteiger partial charge in [0.2, 0.25) is 0 Å². The van der Waals surface area contributed by atoms with Crippen LogP contribution in [-0.2, 0) is 83.4 Å². The third-order valence-corrected chi connectivity index (χ3v) is 15.3. The van der Waals surface area contributed by atoms with Gasteiger partial charge in [0, 0.05) is 6.42 Å². The number of esters is 2. The molecule has 6 rings (SSSR count). The van der Waals surface area contributed by atoms with Crippen LogP contribution in [0.5, 0.6) is 0 Å². The van der Waals surface area contributed by atoms with E-state index in [9.17, 15) is 89.3 Å². The summed E-state index contributed by atoms with van der Waals surface area (Å²) in [5.74, 6) is -58.4. The normalized spacial score (nSPS) is 23.1. The van der Waals surface area contributed by atoms with E-state index in [2.05, 4.69) is 0 Å². The largest absolute Gasteiger partial charge is 0.460 e. The van der Waals surface area contributed by atoms with E-state index >= 15 is 0 Å². The van der Waals surface area contributed by atoms with Crippen molar-refractivity contribution in [1.82, 2.24) is 0 Å². The maximum absolute atomic E-state index is 14.7. The summed E-state index contributed by atoms with van der Waals surface area (Å²) in [6.07, 6.45) is -24.1. The first-order chi connectivity index (χ1) is 44.6. The highest BCUT2D eigenvalue weighted by Gasteiger charge is 2.95. The fraction of sp³-hybridized carbons (Fsp3) is 0.576. The number of carbonyl (C=O) groups is 2. The van der Waals surface area contributed by atoms with Gasteiger partial charge in [0.1, 0.15) is 36.6 Å². The molecule has 0 aliphatic carbocycles. The number of alkyl halides is 17. The number of benzene rings is 4. The Bertz CT molecular complexity index is 3060.